The molecule has 0 atom stereocenters. The molecular weight excluding hydrogens is 323 g/mol. The van der Waals surface area contributed by atoms with Crippen LogP contribution in [0.15, 0.2) is 34.0 Å². The number of hydrogen-bond donors (Lipinski definition) is 1. The quantitative estimate of drug-likeness (QED) is 0.838. The van der Waals surface area contributed by atoms with E-state index in [1.807, 2.05) is 0 Å². The number of carbonyl (C=O) groups is 1. The molecule has 0 spiro atoms. The molecule has 2 rings (SSSR count). The lowest BCUT2D eigenvalue weighted by Gasteiger charge is -2.07. The molecule has 0 aliphatic heterocycles. The fourth-order valence-corrected chi connectivity index (χ4v) is 3.33. The van der Waals surface area contributed by atoms with Gasteiger partial charge in [0.2, 0.25) is 0 Å². The Bertz CT molecular complexity index is 623. The molecule has 8 heteroatoms. The van der Waals surface area contributed by atoms with Gasteiger partial charge in [0, 0.05) is 11.1 Å². The fourth-order valence-electron chi connectivity index (χ4n) is 1.53. The summed E-state index contributed by atoms with van der Waals surface area (Å²) in [5, 5.41) is 10.3. The van der Waals surface area contributed by atoms with Crippen LogP contribution in [-0.4, -0.2) is 16.1 Å². The lowest BCUT2D eigenvalue weighted by molar-refractivity contribution is -0.138. The Hall–Kier alpha value is -1.54. The van der Waals surface area contributed by atoms with E-state index in [1.54, 1.807) is 5.38 Å². The summed E-state index contributed by atoms with van der Waals surface area (Å²) in [6.07, 6.45) is -4.45. The van der Waals surface area contributed by atoms with Crippen molar-refractivity contribution in [3.8, 4) is 0 Å². The van der Waals surface area contributed by atoms with Crippen molar-refractivity contribution < 1.29 is 23.1 Å². The van der Waals surface area contributed by atoms with E-state index in [2.05, 4.69) is 4.98 Å². The third-order valence-electron chi connectivity index (χ3n) is 2.51. The zero-order valence-electron chi connectivity index (χ0n) is 10.6. The predicted molar refractivity (Wildman–Crippen MR) is 74.5 cm³/mol. The van der Waals surface area contributed by atoms with Crippen molar-refractivity contribution >= 4 is 29.1 Å². The summed E-state index contributed by atoms with van der Waals surface area (Å²) >= 11 is 2.69. The first-order valence-electron chi connectivity index (χ1n) is 5.80. The summed E-state index contributed by atoms with van der Waals surface area (Å²) in [5.41, 5.74) is 0.569. The number of aliphatic carboxylic acids is 1. The van der Waals surface area contributed by atoms with Crippen molar-refractivity contribution in [2.45, 2.75) is 22.7 Å². The summed E-state index contributed by atoms with van der Waals surface area (Å²) in [5.74, 6) is -0.461. The van der Waals surface area contributed by atoms with E-state index in [-0.39, 0.29) is 6.42 Å². The van der Waals surface area contributed by atoms with E-state index >= 15 is 0 Å². The molecule has 0 unspecified atom stereocenters. The molecule has 0 amide bonds. The number of benzene rings is 1. The highest BCUT2D eigenvalue weighted by Gasteiger charge is 2.29. The standard InChI is InChI=1S/C13H10F3NO2S2/c14-13(15,16)9-3-1-8(2-4-9)6-20-12-17-10(7-21-12)5-11(18)19/h1-4,7H,5-6H2,(H,18,19). The Kier molecular flexibility index (Phi) is 4.89. The number of nitrogens with zero attached hydrogens (tertiary/aromatic N) is 1. The molecule has 0 aliphatic rings. The highest BCUT2D eigenvalue weighted by Crippen LogP contribution is 2.31. The van der Waals surface area contributed by atoms with Gasteiger partial charge in [0.15, 0.2) is 0 Å². The highest BCUT2D eigenvalue weighted by atomic mass is 32.2. The van der Waals surface area contributed by atoms with E-state index in [9.17, 15) is 18.0 Å². The molecule has 0 radical (unpaired) electrons. The van der Waals surface area contributed by atoms with Gasteiger partial charge in [0.1, 0.15) is 4.34 Å². The van der Waals surface area contributed by atoms with Gasteiger partial charge in [-0.25, -0.2) is 4.98 Å². The Labute approximate surface area is 126 Å². The van der Waals surface area contributed by atoms with Crippen molar-refractivity contribution in [3.63, 3.8) is 0 Å². The lowest BCUT2D eigenvalue weighted by atomic mass is 10.1. The predicted octanol–water partition coefficient (Wildman–Crippen LogP) is 4.08. The summed E-state index contributed by atoms with van der Waals surface area (Å²) in [7, 11) is 0. The van der Waals surface area contributed by atoms with Gasteiger partial charge < -0.3 is 5.11 Å². The molecule has 3 nitrogen and oxygen atoms in total. The minimum absolute atomic E-state index is 0.128. The number of carboxylic acids is 1. The number of carboxylic acid groups (broad SMARTS) is 1. The molecular formula is C13H10F3NO2S2. The monoisotopic (exact) mass is 333 g/mol. The van der Waals surface area contributed by atoms with Crippen molar-refractivity contribution in [2.24, 2.45) is 0 Å². The topological polar surface area (TPSA) is 50.2 Å². The number of thioether (sulfide) groups is 1. The molecule has 0 saturated heterocycles. The molecule has 0 aliphatic carbocycles. The van der Waals surface area contributed by atoms with Gasteiger partial charge in [-0.05, 0) is 17.7 Å². The lowest BCUT2D eigenvalue weighted by Crippen LogP contribution is -2.04. The third-order valence-corrected chi connectivity index (χ3v) is 4.65. The van der Waals surface area contributed by atoms with Crippen LogP contribution >= 0.6 is 23.1 Å². The van der Waals surface area contributed by atoms with E-state index in [1.165, 1.54) is 35.2 Å². The number of halogens is 3. The maximum absolute atomic E-state index is 12.4. The van der Waals surface area contributed by atoms with Gasteiger partial charge in [-0.3, -0.25) is 4.79 Å². The summed E-state index contributed by atoms with van der Waals surface area (Å²) < 4.78 is 37.9. The molecule has 1 heterocycles. The van der Waals surface area contributed by atoms with Crippen molar-refractivity contribution in [1.82, 2.24) is 4.98 Å². The van der Waals surface area contributed by atoms with Gasteiger partial charge in [0.25, 0.3) is 0 Å². The van der Waals surface area contributed by atoms with Crippen LogP contribution in [0, 0.1) is 0 Å². The van der Waals surface area contributed by atoms with Crippen LogP contribution in [0.3, 0.4) is 0 Å². The Morgan fingerprint density at radius 1 is 1.29 bits per heavy atom. The second-order valence-electron chi connectivity index (χ2n) is 4.16. The number of rotatable bonds is 5. The Morgan fingerprint density at radius 3 is 2.52 bits per heavy atom. The third kappa shape index (κ3) is 4.75. The number of alkyl halides is 3. The summed E-state index contributed by atoms with van der Waals surface area (Å²) in [4.78, 5) is 14.7. The first-order chi connectivity index (χ1) is 9.84. The number of thiazole rings is 1. The Balaban J connectivity index is 1.94. The number of hydrogen-bond acceptors (Lipinski definition) is 4. The van der Waals surface area contributed by atoms with Gasteiger partial charge >= 0.3 is 12.1 Å². The molecule has 2 aromatic rings. The maximum Gasteiger partial charge on any atom is 0.416 e. The van der Waals surface area contributed by atoms with Gasteiger partial charge in [-0.1, -0.05) is 23.9 Å². The van der Waals surface area contributed by atoms with Gasteiger partial charge in [0.05, 0.1) is 17.7 Å². The molecule has 1 N–H and O–H groups in total. The van der Waals surface area contributed by atoms with Gasteiger partial charge in [-0.2, -0.15) is 13.2 Å². The highest BCUT2D eigenvalue weighted by molar-refractivity contribution is 8.00. The smallest absolute Gasteiger partial charge is 0.416 e. The van der Waals surface area contributed by atoms with E-state index in [4.69, 9.17) is 5.11 Å². The van der Waals surface area contributed by atoms with Crippen LogP contribution in [0.25, 0.3) is 0 Å². The average Bonchev–Trinajstić information content (AvgIpc) is 2.82. The molecule has 1 aromatic carbocycles. The summed E-state index contributed by atoms with van der Waals surface area (Å²) in [6.45, 7) is 0. The molecule has 0 fully saturated rings. The molecule has 0 saturated carbocycles. The molecule has 21 heavy (non-hydrogen) atoms. The maximum atomic E-state index is 12.4. The van der Waals surface area contributed by atoms with Crippen molar-refractivity contribution in [1.29, 1.82) is 0 Å². The van der Waals surface area contributed by atoms with Crippen LogP contribution in [0.5, 0.6) is 0 Å². The normalized spacial score (nSPS) is 11.6. The van der Waals surface area contributed by atoms with Crippen LogP contribution in [-0.2, 0) is 23.1 Å². The molecule has 0 bridgehead atoms. The zero-order valence-corrected chi connectivity index (χ0v) is 12.2. The van der Waals surface area contributed by atoms with E-state index in [0.717, 1.165) is 17.7 Å². The van der Waals surface area contributed by atoms with Crippen LogP contribution < -0.4 is 0 Å². The minimum atomic E-state index is -4.33. The van der Waals surface area contributed by atoms with E-state index in [0.29, 0.717) is 15.8 Å². The Morgan fingerprint density at radius 2 is 1.95 bits per heavy atom. The number of aromatic nitrogens is 1. The van der Waals surface area contributed by atoms with Crippen LogP contribution in [0.2, 0.25) is 0 Å². The SMILES string of the molecule is O=C(O)Cc1csc(SCc2ccc(C(F)(F)F)cc2)n1. The first kappa shape index (κ1) is 15.8. The average molecular weight is 333 g/mol. The van der Waals surface area contributed by atoms with Crippen molar-refractivity contribution in [2.75, 3.05) is 0 Å². The van der Waals surface area contributed by atoms with E-state index < -0.39 is 17.7 Å². The van der Waals surface area contributed by atoms with Gasteiger partial charge in [-0.15, -0.1) is 11.3 Å². The fraction of sp³-hybridized carbons (Fsp3) is 0.231. The largest absolute Gasteiger partial charge is 0.481 e. The first-order valence-corrected chi connectivity index (χ1v) is 7.66. The minimum Gasteiger partial charge on any atom is -0.481 e. The second-order valence-corrected chi connectivity index (χ2v) is 6.24. The van der Waals surface area contributed by atoms with Crippen LogP contribution in [0.4, 0.5) is 13.2 Å². The zero-order chi connectivity index (χ0) is 15.5. The second kappa shape index (κ2) is 6.48. The molecule has 1 aromatic heterocycles. The molecule has 112 valence electrons. The summed E-state index contributed by atoms with van der Waals surface area (Å²) in [6, 6.07) is 4.96. The van der Waals surface area contributed by atoms with Crippen LogP contribution in [0.1, 0.15) is 16.8 Å². The van der Waals surface area contributed by atoms with Crippen molar-refractivity contribution in [3.05, 3.63) is 46.5 Å².